The lowest BCUT2D eigenvalue weighted by Gasteiger charge is -2.13. The van der Waals surface area contributed by atoms with Gasteiger partial charge >= 0.3 is 5.97 Å². The molecule has 1 aromatic heterocycles. The van der Waals surface area contributed by atoms with E-state index >= 15 is 0 Å². The van der Waals surface area contributed by atoms with Crippen molar-refractivity contribution in [2.75, 3.05) is 6.54 Å². The number of nitrogens with zero attached hydrogens (tertiary/aromatic N) is 1. The Morgan fingerprint density at radius 2 is 2.07 bits per heavy atom. The average Bonchev–Trinajstić information content (AvgIpc) is 3.15. The number of amides is 2. The second-order valence-corrected chi connectivity index (χ2v) is 7.01. The van der Waals surface area contributed by atoms with Gasteiger partial charge in [0.05, 0.1) is 11.0 Å². The number of hydrogen-bond donors (Lipinski definition) is 0. The Kier molecular flexibility index (Phi) is 5.46. The molecule has 3 rings (SSSR count). The van der Waals surface area contributed by atoms with Crippen molar-refractivity contribution in [2.24, 2.45) is 0 Å². The highest BCUT2D eigenvalue weighted by molar-refractivity contribution is 8.18. The number of halogens is 1. The molecule has 0 saturated carbocycles. The highest BCUT2D eigenvalue weighted by Crippen LogP contribution is 2.33. The number of imide groups is 1. The summed E-state index contributed by atoms with van der Waals surface area (Å²) in [7, 11) is 0. The van der Waals surface area contributed by atoms with E-state index in [2.05, 4.69) is 0 Å². The second kappa shape index (κ2) is 7.79. The summed E-state index contributed by atoms with van der Waals surface area (Å²) in [4.78, 5) is 37.1. The molecule has 140 valence electrons. The van der Waals surface area contributed by atoms with Crippen LogP contribution in [0, 0.1) is 5.82 Å². The van der Waals surface area contributed by atoms with Crippen LogP contribution in [-0.4, -0.2) is 34.7 Å². The van der Waals surface area contributed by atoms with Gasteiger partial charge in [0.2, 0.25) is 0 Å². The van der Waals surface area contributed by atoms with E-state index in [0.717, 1.165) is 4.90 Å². The highest BCUT2D eigenvalue weighted by Gasteiger charge is 2.37. The quantitative estimate of drug-likeness (QED) is 0.567. The molecule has 2 amide bonds. The summed E-state index contributed by atoms with van der Waals surface area (Å²) in [5.74, 6) is -0.862. The van der Waals surface area contributed by atoms with Crippen molar-refractivity contribution in [2.45, 2.75) is 20.0 Å². The molecule has 1 saturated heterocycles. The standard InChI is InChI=1S/C19H16FNO5S/c1-11(2)25-17(22)10-21-18(23)16(27-19(21)24)9-14-6-7-15(26-14)12-4-3-5-13(20)8-12/h3-9,11H,10H2,1-2H3/b16-9+. The molecule has 0 atom stereocenters. The van der Waals surface area contributed by atoms with Gasteiger partial charge in [-0.15, -0.1) is 0 Å². The molecule has 1 aliphatic rings. The van der Waals surface area contributed by atoms with Crippen LogP contribution in [0.4, 0.5) is 9.18 Å². The number of carbonyl (C=O) groups is 3. The molecule has 0 aliphatic carbocycles. The Morgan fingerprint density at radius 3 is 2.78 bits per heavy atom. The molecule has 0 N–H and O–H groups in total. The first-order chi connectivity index (χ1) is 12.8. The van der Waals surface area contributed by atoms with Gasteiger partial charge in [-0.25, -0.2) is 4.39 Å². The van der Waals surface area contributed by atoms with Crippen LogP contribution in [0.25, 0.3) is 17.4 Å². The summed E-state index contributed by atoms with van der Waals surface area (Å²) < 4.78 is 23.9. The van der Waals surface area contributed by atoms with Crippen LogP contribution in [0.1, 0.15) is 19.6 Å². The molecule has 0 spiro atoms. The van der Waals surface area contributed by atoms with Crippen molar-refractivity contribution < 1.29 is 27.9 Å². The maximum atomic E-state index is 13.3. The van der Waals surface area contributed by atoms with Crippen molar-refractivity contribution >= 4 is 35.0 Å². The predicted octanol–water partition coefficient (Wildman–Crippen LogP) is 4.07. The summed E-state index contributed by atoms with van der Waals surface area (Å²) in [5.41, 5.74) is 0.555. The van der Waals surface area contributed by atoms with Crippen LogP contribution in [0.5, 0.6) is 0 Å². The molecule has 1 aromatic carbocycles. The third-order valence-corrected chi connectivity index (χ3v) is 4.44. The van der Waals surface area contributed by atoms with Gasteiger partial charge in [-0.1, -0.05) is 12.1 Å². The first-order valence-corrected chi connectivity index (χ1v) is 8.96. The van der Waals surface area contributed by atoms with Gasteiger partial charge in [-0.3, -0.25) is 19.3 Å². The SMILES string of the molecule is CC(C)OC(=O)CN1C(=O)S/C(=C/c2ccc(-c3cccc(F)c3)o2)C1=O. The fourth-order valence-electron chi connectivity index (χ4n) is 2.42. The Balaban J connectivity index is 1.75. The van der Waals surface area contributed by atoms with E-state index < -0.39 is 23.7 Å². The van der Waals surface area contributed by atoms with Crippen LogP contribution in [0.15, 0.2) is 45.7 Å². The molecule has 0 bridgehead atoms. The minimum absolute atomic E-state index is 0.137. The predicted molar refractivity (Wildman–Crippen MR) is 98.0 cm³/mol. The maximum absolute atomic E-state index is 13.3. The lowest BCUT2D eigenvalue weighted by Crippen LogP contribution is -2.35. The van der Waals surface area contributed by atoms with E-state index in [1.54, 1.807) is 38.1 Å². The number of carbonyl (C=O) groups excluding carboxylic acids is 3. The summed E-state index contributed by atoms with van der Waals surface area (Å²) in [6.45, 7) is 2.92. The summed E-state index contributed by atoms with van der Waals surface area (Å²) in [5, 5.41) is -0.552. The number of furan rings is 1. The highest BCUT2D eigenvalue weighted by atomic mass is 32.2. The van der Waals surface area contributed by atoms with E-state index in [-0.39, 0.29) is 16.8 Å². The minimum atomic E-state index is -0.653. The van der Waals surface area contributed by atoms with E-state index in [1.807, 2.05) is 0 Å². The molecule has 1 aliphatic heterocycles. The summed E-state index contributed by atoms with van der Waals surface area (Å²) >= 11 is 0.716. The van der Waals surface area contributed by atoms with Gasteiger partial charge in [0.15, 0.2) is 0 Å². The van der Waals surface area contributed by atoms with Gasteiger partial charge in [-0.2, -0.15) is 0 Å². The Morgan fingerprint density at radius 1 is 1.30 bits per heavy atom. The fraction of sp³-hybridized carbons (Fsp3) is 0.211. The fourth-order valence-corrected chi connectivity index (χ4v) is 3.24. The van der Waals surface area contributed by atoms with E-state index in [9.17, 15) is 18.8 Å². The van der Waals surface area contributed by atoms with Gasteiger partial charge in [-0.05, 0) is 49.9 Å². The normalized spacial score (nSPS) is 15.9. The van der Waals surface area contributed by atoms with Crippen LogP contribution >= 0.6 is 11.8 Å². The molecular weight excluding hydrogens is 373 g/mol. The van der Waals surface area contributed by atoms with E-state index in [1.165, 1.54) is 18.2 Å². The lowest BCUT2D eigenvalue weighted by molar-refractivity contribution is -0.149. The first kappa shape index (κ1) is 18.9. The van der Waals surface area contributed by atoms with Crippen LogP contribution < -0.4 is 0 Å². The molecule has 1 fully saturated rings. The van der Waals surface area contributed by atoms with Gasteiger partial charge in [0, 0.05) is 11.6 Å². The topological polar surface area (TPSA) is 76.8 Å². The van der Waals surface area contributed by atoms with Gasteiger partial charge in [0.25, 0.3) is 11.1 Å². The van der Waals surface area contributed by atoms with Crippen molar-refractivity contribution in [1.29, 1.82) is 0 Å². The zero-order chi connectivity index (χ0) is 19.6. The van der Waals surface area contributed by atoms with Crippen molar-refractivity contribution in [3.05, 3.63) is 52.9 Å². The van der Waals surface area contributed by atoms with Crippen LogP contribution in [-0.2, 0) is 14.3 Å². The zero-order valence-electron chi connectivity index (χ0n) is 14.6. The number of esters is 1. The molecule has 6 nitrogen and oxygen atoms in total. The molecule has 2 aromatic rings. The molecule has 2 heterocycles. The third-order valence-electron chi connectivity index (χ3n) is 3.54. The van der Waals surface area contributed by atoms with E-state index in [4.69, 9.17) is 9.15 Å². The van der Waals surface area contributed by atoms with Gasteiger partial charge in [0.1, 0.15) is 23.9 Å². The Bertz CT molecular complexity index is 934. The zero-order valence-corrected chi connectivity index (χ0v) is 15.4. The maximum Gasteiger partial charge on any atom is 0.326 e. The molecular formula is C19H16FNO5S. The smallest absolute Gasteiger partial charge is 0.326 e. The molecule has 0 unspecified atom stereocenters. The number of thioether (sulfide) groups is 1. The van der Waals surface area contributed by atoms with Crippen LogP contribution in [0.2, 0.25) is 0 Å². The van der Waals surface area contributed by atoms with Crippen LogP contribution in [0.3, 0.4) is 0 Å². The monoisotopic (exact) mass is 389 g/mol. The lowest BCUT2D eigenvalue weighted by atomic mass is 10.2. The Labute approximate surface area is 159 Å². The van der Waals surface area contributed by atoms with Crippen molar-refractivity contribution in [3.63, 3.8) is 0 Å². The number of rotatable bonds is 5. The molecule has 27 heavy (non-hydrogen) atoms. The summed E-state index contributed by atoms with van der Waals surface area (Å²) in [6.07, 6.45) is 1.08. The summed E-state index contributed by atoms with van der Waals surface area (Å²) in [6, 6.07) is 9.17. The third kappa shape index (κ3) is 4.46. The second-order valence-electron chi connectivity index (χ2n) is 6.02. The Hall–Kier alpha value is -2.87. The van der Waals surface area contributed by atoms with E-state index in [0.29, 0.717) is 28.8 Å². The first-order valence-electron chi connectivity index (χ1n) is 8.14. The number of benzene rings is 1. The van der Waals surface area contributed by atoms with Gasteiger partial charge < -0.3 is 9.15 Å². The minimum Gasteiger partial charge on any atom is -0.462 e. The van der Waals surface area contributed by atoms with Crippen molar-refractivity contribution in [1.82, 2.24) is 4.90 Å². The molecule has 0 radical (unpaired) electrons. The molecule has 8 heteroatoms. The number of ether oxygens (including phenoxy) is 1. The average molecular weight is 389 g/mol. The number of hydrogen-bond acceptors (Lipinski definition) is 6. The van der Waals surface area contributed by atoms with Crippen molar-refractivity contribution in [3.8, 4) is 11.3 Å². The largest absolute Gasteiger partial charge is 0.462 e.